The largest absolute Gasteiger partial charge is 0.268 e. The van der Waals surface area contributed by atoms with Gasteiger partial charge in [0.25, 0.3) is 5.56 Å². The molecule has 1 N–H and O–H groups in total. The summed E-state index contributed by atoms with van der Waals surface area (Å²) in [5.74, 6) is 0.887. The topological polar surface area (TPSA) is 81.1 Å². The molecule has 0 aliphatic rings. The number of thioether (sulfide) groups is 1. The number of hydrogen-bond donors (Lipinski definition) is 1. The lowest BCUT2D eigenvalue weighted by Gasteiger charge is -2.18. The standard InChI is InChI=1S/C21H25N3O3S2/c1-15(2)16-9-5-7-12-19(16)24-20(25)17-10-4-6-11-18(17)23-21(24)28-14-8-13-22-29(3,26)27/h4-7,9-12,15,22H,8,13-14H2,1-3H3. The number of rotatable bonds is 8. The van der Waals surface area contributed by atoms with Gasteiger partial charge in [0, 0.05) is 12.3 Å². The van der Waals surface area contributed by atoms with Gasteiger partial charge >= 0.3 is 0 Å². The molecule has 154 valence electrons. The van der Waals surface area contributed by atoms with E-state index in [0.717, 1.165) is 17.5 Å². The number of fused-ring (bicyclic) bond motifs is 1. The first kappa shape index (κ1) is 21.5. The molecule has 29 heavy (non-hydrogen) atoms. The van der Waals surface area contributed by atoms with Crippen LogP contribution in [0.4, 0.5) is 0 Å². The third-order valence-corrected chi connectivity index (χ3v) is 6.21. The Labute approximate surface area is 175 Å². The number of sulfonamides is 1. The molecule has 0 saturated heterocycles. The van der Waals surface area contributed by atoms with Crippen molar-refractivity contribution in [3.8, 4) is 5.69 Å². The maximum absolute atomic E-state index is 13.4. The second-order valence-electron chi connectivity index (χ2n) is 7.13. The van der Waals surface area contributed by atoms with Crippen molar-refractivity contribution in [2.45, 2.75) is 31.3 Å². The fourth-order valence-electron chi connectivity index (χ4n) is 3.09. The minimum absolute atomic E-state index is 0.0968. The van der Waals surface area contributed by atoms with Crippen LogP contribution in [0.15, 0.2) is 58.5 Å². The van der Waals surface area contributed by atoms with Gasteiger partial charge in [0.2, 0.25) is 10.0 Å². The minimum atomic E-state index is -3.20. The second kappa shape index (κ2) is 9.11. The van der Waals surface area contributed by atoms with Gasteiger partial charge < -0.3 is 0 Å². The number of hydrogen-bond acceptors (Lipinski definition) is 5. The van der Waals surface area contributed by atoms with Gasteiger partial charge in [-0.3, -0.25) is 9.36 Å². The minimum Gasteiger partial charge on any atom is -0.268 e. The average Bonchev–Trinajstić information content (AvgIpc) is 2.67. The molecule has 1 heterocycles. The van der Waals surface area contributed by atoms with Gasteiger partial charge in [0.1, 0.15) is 0 Å². The highest BCUT2D eigenvalue weighted by Gasteiger charge is 2.16. The lowest BCUT2D eigenvalue weighted by molar-refractivity contribution is 0.587. The summed E-state index contributed by atoms with van der Waals surface area (Å²) in [6.45, 7) is 4.55. The van der Waals surface area contributed by atoms with E-state index in [1.165, 1.54) is 11.8 Å². The summed E-state index contributed by atoms with van der Waals surface area (Å²) < 4.78 is 26.6. The van der Waals surface area contributed by atoms with Crippen molar-refractivity contribution in [3.63, 3.8) is 0 Å². The molecule has 0 aliphatic carbocycles. The molecule has 8 heteroatoms. The molecule has 0 radical (unpaired) electrons. The summed E-state index contributed by atoms with van der Waals surface area (Å²) in [5, 5.41) is 1.19. The Kier molecular flexibility index (Phi) is 6.77. The molecule has 0 saturated carbocycles. The van der Waals surface area contributed by atoms with E-state index < -0.39 is 10.0 Å². The molecule has 0 fully saturated rings. The number of para-hydroxylation sites is 2. The lowest BCUT2D eigenvalue weighted by Crippen LogP contribution is -2.24. The zero-order chi connectivity index (χ0) is 21.0. The Morgan fingerprint density at radius 1 is 1.10 bits per heavy atom. The molecule has 1 aromatic heterocycles. The summed E-state index contributed by atoms with van der Waals surface area (Å²) in [6.07, 6.45) is 1.78. The van der Waals surface area contributed by atoms with E-state index in [-0.39, 0.29) is 11.5 Å². The smallest absolute Gasteiger partial charge is 0.266 e. The SMILES string of the molecule is CC(C)c1ccccc1-n1c(SCCCNS(C)(=O)=O)nc2ccccc2c1=O. The zero-order valence-corrected chi connectivity index (χ0v) is 18.4. The number of nitrogens with zero attached hydrogens (tertiary/aromatic N) is 2. The number of aromatic nitrogens is 2. The van der Waals surface area contributed by atoms with Crippen LogP contribution in [-0.2, 0) is 10.0 Å². The molecule has 3 rings (SSSR count). The molecule has 6 nitrogen and oxygen atoms in total. The van der Waals surface area contributed by atoms with Crippen molar-refractivity contribution in [1.82, 2.24) is 14.3 Å². The normalized spacial score (nSPS) is 12.0. The van der Waals surface area contributed by atoms with Crippen molar-refractivity contribution in [2.24, 2.45) is 0 Å². The highest BCUT2D eigenvalue weighted by molar-refractivity contribution is 7.99. The van der Waals surface area contributed by atoms with Crippen LogP contribution in [0.2, 0.25) is 0 Å². The first-order chi connectivity index (χ1) is 13.8. The van der Waals surface area contributed by atoms with Crippen molar-refractivity contribution in [3.05, 3.63) is 64.4 Å². The number of benzene rings is 2. The van der Waals surface area contributed by atoms with Crippen LogP contribution in [0.1, 0.15) is 31.7 Å². The quantitative estimate of drug-likeness (QED) is 0.335. The fourth-order valence-corrected chi connectivity index (χ4v) is 4.55. The van der Waals surface area contributed by atoms with E-state index >= 15 is 0 Å². The van der Waals surface area contributed by atoms with Crippen molar-refractivity contribution in [1.29, 1.82) is 0 Å². The molecule has 0 spiro atoms. The summed E-state index contributed by atoms with van der Waals surface area (Å²) in [5.41, 5.74) is 2.47. The molecule has 0 atom stereocenters. The third kappa shape index (κ3) is 5.26. The van der Waals surface area contributed by atoms with Gasteiger partial charge in [0.15, 0.2) is 5.16 Å². The Hall–Kier alpha value is -2.16. The van der Waals surface area contributed by atoms with Crippen LogP contribution < -0.4 is 10.3 Å². The van der Waals surface area contributed by atoms with E-state index in [4.69, 9.17) is 4.98 Å². The molecule has 0 aliphatic heterocycles. The van der Waals surface area contributed by atoms with Crippen molar-refractivity contribution < 1.29 is 8.42 Å². The predicted molar refractivity (Wildman–Crippen MR) is 120 cm³/mol. The molecule has 2 aromatic carbocycles. The molecule has 0 amide bonds. The van der Waals surface area contributed by atoms with Gasteiger partial charge in [-0.1, -0.05) is 55.9 Å². The Morgan fingerprint density at radius 2 is 1.79 bits per heavy atom. The van der Waals surface area contributed by atoms with E-state index in [1.807, 2.05) is 42.5 Å². The van der Waals surface area contributed by atoms with E-state index in [1.54, 1.807) is 10.6 Å². The maximum atomic E-state index is 13.4. The predicted octanol–water partition coefficient (Wildman–Crippen LogP) is 3.54. The van der Waals surface area contributed by atoms with Crippen LogP contribution in [0.25, 0.3) is 16.6 Å². The van der Waals surface area contributed by atoms with Gasteiger partial charge in [-0.05, 0) is 36.1 Å². The summed E-state index contributed by atoms with van der Waals surface area (Å²) in [4.78, 5) is 18.1. The van der Waals surface area contributed by atoms with E-state index in [9.17, 15) is 13.2 Å². The van der Waals surface area contributed by atoms with Crippen LogP contribution >= 0.6 is 11.8 Å². The third-order valence-electron chi connectivity index (χ3n) is 4.46. The Balaban J connectivity index is 2.02. The molecular weight excluding hydrogens is 406 g/mol. The zero-order valence-electron chi connectivity index (χ0n) is 16.8. The highest BCUT2D eigenvalue weighted by atomic mass is 32.2. The summed E-state index contributed by atoms with van der Waals surface area (Å²) in [7, 11) is -3.20. The van der Waals surface area contributed by atoms with Crippen molar-refractivity contribution >= 4 is 32.7 Å². The van der Waals surface area contributed by atoms with Crippen LogP contribution in [0.5, 0.6) is 0 Å². The molecule has 0 bridgehead atoms. The lowest BCUT2D eigenvalue weighted by atomic mass is 10.0. The monoisotopic (exact) mass is 431 g/mol. The maximum Gasteiger partial charge on any atom is 0.266 e. The summed E-state index contributed by atoms with van der Waals surface area (Å²) >= 11 is 1.46. The van der Waals surface area contributed by atoms with Crippen LogP contribution in [-0.4, -0.2) is 36.5 Å². The molecular formula is C21H25N3O3S2. The van der Waals surface area contributed by atoms with Crippen LogP contribution in [0, 0.1) is 0 Å². The van der Waals surface area contributed by atoms with Crippen LogP contribution in [0.3, 0.4) is 0 Å². The first-order valence-corrected chi connectivity index (χ1v) is 12.3. The fraction of sp³-hybridized carbons (Fsp3) is 0.333. The van der Waals surface area contributed by atoms with Gasteiger partial charge in [-0.2, -0.15) is 0 Å². The van der Waals surface area contributed by atoms with Gasteiger partial charge in [-0.25, -0.2) is 18.1 Å². The van der Waals surface area contributed by atoms with E-state index in [0.29, 0.717) is 34.8 Å². The second-order valence-corrected chi connectivity index (χ2v) is 10.0. The first-order valence-electron chi connectivity index (χ1n) is 9.46. The average molecular weight is 432 g/mol. The number of nitrogens with one attached hydrogen (secondary N) is 1. The Morgan fingerprint density at radius 3 is 2.52 bits per heavy atom. The highest BCUT2D eigenvalue weighted by Crippen LogP contribution is 2.27. The Bertz CT molecular complexity index is 1170. The van der Waals surface area contributed by atoms with Crippen molar-refractivity contribution in [2.75, 3.05) is 18.6 Å². The van der Waals surface area contributed by atoms with Gasteiger partial charge in [0.05, 0.1) is 22.8 Å². The molecule has 0 unspecified atom stereocenters. The van der Waals surface area contributed by atoms with E-state index in [2.05, 4.69) is 18.6 Å². The molecule has 3 aromatic rings. The summed E-state index contributed by atoms with van der Waals surface area (Å²) in [6, 6.07) is 15.2. The van der Waals surface area contributed by atoms with Gasteiger partial charge in [-0.15, -0.1) is 0 Å².